The molecule has 0 fully saturated rings. The first-order valence-corrected chi connectivity index (χ1v) is 21.2. The van der Waals surface area contributed by atoms with E-state index < -0.39 is 14.7 Å². The molecule has 3 atom stereocenters. The minimum Gasteiger partial charge on any atom is -0.495 e. The summed E-state index contributed by atoms with van der Waals surface area (Å²) in [5.41, 5.74) is 8.95. The molecule has 13 heteroatoms. The van der Waals surface area contributed by atoms with Crippen LogP contribution in [0.3, 0.4) is 0 Å². The van der Waals surface area contributed by atoms with Crippen molar-refractivity contribution in [2.45, 2.75) is 141 Å². The quantitative estimate of drug-likeness (QED) is 0.0450. The molecule has 2 heterocycles. The van der Waals surface area contributed by atoms with Crippen molar-refractivity contribution < 1.29 is 32.9 Å². The zero-order valence-electron chi connectivity index (χ0n) is 33.1. The number of rotatable bonds is 33. The van der Waals surface area contributed by atoms with E-state index in [1.54, 1.807) is 23.8 Å². The summed E-state index contributed by atoms with van der Waals surface area (Å²) in [7, 11) is 0.975. The summed E-state index contributed by atoms with van der Waals surface area (Å²) in [6.07, 6.45) is 23.2. The van der Waals surface area contributed by atoms with Gasteiger partial charge in [0, 0.05) is 19.4 Å². The SMILES string of the molecule is CCCCCCCCCCCCCCCCCCOCC(COP(O)OCC(CCc1ccc2c(N)ncnn12)OC)OCc1ccc(OC)c(C#N)c1. The van der Waals surface area contributed by atoms with Crippen molar-refractivity contribution in [3.8, 4) is 11.8 Å². The highest BCUT2D eigenvalue weighted by Crippen LogP contribution is 2.34. The number of hydrogen-bond donors (Lipinski definition) is 2. The van der Waals surface area contributed by atoms with Crippen molar-refractivity contribution in [3.63, 3.8) is 0 Å². The summed E-state index contributed by atoms with van der Waals surface area (Å²) < 4.78 is 36.2. The largest absolute Gasteiger partial charge is 0.495 e. The lowest BCUT2D eigenvalue weighted by Crippen LogP contribution is -2.26. The van der Waals surface area contributed by atoms with Crippen molar-refractivity contribution in [2.24, 2.45) is 0 Å². The van der Waals surface area contributed by atoms with Crippen molar-refractivity contribution in [2.75, 3.05) is 46.4 Å². The Bertz CT molecular complexity index is 1450. The molecule has 0 aliphatic rings. The van der Waals surface area contributed by atoms with E-state index in [0.717, 1.165) is 29.6 Å². The van der Waals surface area contributed by atoms with Crippen LogP contribution in [0.5, 0.6) is 5.75 Å². The lowest BCUT2D eigenvalue weighted by molar-refractivity contribution is -0.0488. The number of ether oxygens (including phenoxy) is 4. The number of hydrogen-bond acceptors (Lipinski definition) is 11. The number of fused-ring (bicyclic) bond motifs is 1. The van der Waals surface area contributed by atoms with Crippen LogP contribution in [0.1, 0.15) is 133 Å². The van der Waals surface area contributed by atoms with E-state index in [0.29, 0.717) is 43.2 Å². The van der Waals surface area contributed by atoms with Crippen molar-refractivity contribution in [1.29, 1.82) is 5.26 Å². The molecule has 302 valence electrons. The molecule has 0 aliphatic heterocycles. The lowest BCUT2D eigenvalue weighted by atomic mass is 10.0. The molecule has 0 saturated carbocycles. The standard InChI is InChI=1S/C41H66N5O7P/c1-4-5-6-7-8-9-10-11-12-13-14-15-16-17-18-19-26-50-30-38(51-29-34-20-25-40(49-3)35(27-34)28-42)32-53-54(47)52-31-37(48-2)23-21-36-22-24-39-41(43)44-33-45-46(36)39/h20,22,24-25,27,33,37-38,47H,4-19,21,23,26,29-32H2,1-3H3,(H2,43,44,45). The highest BCUT2D eigenvalue weighted by atomic mass is 31.2. The number of methoxy groups -OCH3 is 2. The third-order valence-corrected chi connectivity index (χ3v) is 10.4. The summed E-state index contributed by atoms with van der Waals surface area (Å²) in [6.45, 7) is 3.70. The van der Waals surface area contributed by atoms with Crippen molar-refractivity contribution >= 4 is 19.9 Å². The fourth-order valence-electron chi connectivity index (χ4n) is 6.36. The molecule has 2 aromatic heterocycles. The smallest absolute Gasteiger partial charge is 0.330 e. The van der Waals surface area contributed by atoms with E-state index in [2.05, 4.69) is 23.1 Å². The van der Waals surface area contributed by atoms with E-state index in [-0.39, 0.29) is 25.9 Å². The Balaban J connectivity index is 1.33. The molecular weight excluding hydrogens is 705 g/mol. The first-order chi connectivity index (χ1) is 26.5. The Morgan fingerprint density at radius 1 is 0.833 bits per heavy atom. The van der Waals surface area contributed by atoms with Gasteiger partial charge in [0.05, 0.1) is 45.2 Å². The minimum absolute atomic E-state index is 0.0807. The molecular formula is C41H66N5O7P. The topological polar surface area (TPSA) is 156 Å². The van der Waals surface area contributed by atoms with Crippen LogP contribution in [0.25, 0.3) is 5.52 Å². The van der Waals surface area contributed by atoms with E-state index in [1.165, 1.54) is 103 Å². The first-order valence-electron chi connectivity index (χ1n) is 20.1. The maximum atomic E-state index is 10.6. The van der Waals surface area contributed by atoms with Gasteiger partial charge in [-0.3, -0.25) is 0 Å². The highest BCUT2D eigenvalue weighted by Gasteiger charge is 2.19. The van der Waals surface area contributed by atoms with Crippen LogP contribution in [-0.4, -0.2) is 72.3 Å². The van der Waals surface area contributed by atoms with Crippen LogP contribution in [-0.2, 0) is 36.3 Å². The highest BCUT2D eigenvalue weighted by molar-refractivity contribution is 7.40. The van der Waals surface area contributed by atoms with Gasteiger partial charge in [-0.1, -0.05) is 109 Å². The van der Waals surface area contributed by atoms with Gasteiger partial charge in [0.25, 0.3) is 0 Å². The second kappa shape index (κ2) is 28.5. The number of nitriles is 1. The van der Waals surface area contributed by atoms with Gasteiger partial charge >= 0.3 is 8.60 Å². The summed E-state index contributed by atoms with van der Waals surface area (Å²) in [6, 6.07) is 11.4. The van der Waals surface area contributed by atoms with Gasteiger partial charge in [-0.2, -0.15) is 10.4 Å². The number of nitrogens with zero attached hydrogens (tertiary/aromatic N) is 4. The number of nitrogen functional groups attached to an aromatic ring is 1. The summed E-state index contributed by atoms with van der Waals surface area (Å²) in [5, 5.41) is 13.8. The van der Waals surface area contributed by atoms with Crippen LogP contribution in [0.2, 0.25) is 0 Å². The Hall–Kier alpha value is -2.88. The number of aryl methyl sites for hydroxylation is 1. The van der Waals surface area contributed by atoms with Crippen LogP contribution >= 0.6 is 8.60 Å². The van der Waals surface area contributed by atoms with Crippen LogP contribution in [0.4, 0.5) is 5.82 Å². The fraction of sp³-hybridized carbons (Fsp3) is 0.683. The molecule has 0 aliphatic carbocycles. The maximum absolute atomic E-state index is 10.6. The molecule has 0 spiro atoms. The molecule has 0 radical (unpaired) electrons. The molecule has 0 saturated heterocycles. The van der Waals surface area contributed by atoms with E-state index in [9.17, 15) is 10.2 Å². The van der Waals surface area contributed by atoms with E-state index >= 15 is 0 Å². The third kappa shape index (κ3) is 18.2. The fourth-order valence-corrected chi connectivity index (χ4v) is 7.03. The van der Waals surface area contributed by atoms with Crippen LogP contribution < -0.4 is 10.5 Å². The molecule has 3 unspecified atom stereocenters. The number of unbranched alkanes of at least 4 members (excludes halogenated alkanes) is 15. The van der Waals surface area contributed by atoms with Gasteiger partial charge in [0.15, 0.2) is 5.82 Å². The Kier molecular flexibility index (Phi) is 24.0. The molecule has 12 nitrogen and oxygen atoms in total. The Labute approximate surface area is 325 Å². The second-order valence-corrected chi connectivity index (χ2v) is 14.9. The zero-order valence-corrected chi connectivity index (χ0v) is 34.0. The van der Waals surface area contributed by atoms with Gasteiger partial charge < -0.3 is 38.6 Å². The molecule has 54 heavy (non-hydrogen) atoms. The van der Waals surface area contributed by atoms with E-state index in [1.807, 2.05) is 18.2 Å². The van der Waals surface area contributed by atoms with Gasteiger partial charge in [0.1, 0.15) is 29.8 Å². The predicted octanol–water partition coefficient (Wildman–Crippen LogP) is 9.26. The lowest BCUT2D eigenvalue weighted by Gasteiger charge is -2.21. The van der Waals surface area contributed by atoms with Crippen LogP contribution in [0.15, 0.2) is 36.7 Å². The monoisotopic (exact) mass is 771 g/mol. The molecule has 0 amide bonds. The summed E-state index contributed by atoms with van der Waals surface area (Å²) in [5.74, 6) is 0.941. The number of aromatic nitrogens is 3. The molecule has 3 N–H and O–H groups in total. The molecule has 3 rings (SSSR count). The summed E-state index contributed by atoms with van der Waals surface area (Å²) in [4.78, 5) is 14.6. The average Bonchev–Trinajstić information content (AvgIpc) is 3.62. The van der Waals surface area contributed by atoms with Gasteiger partial charge in [-0.25, -0.2) is 9.50 Å². The van der Waals surface area contributed by atoms with Gasteiger partial charge in [-0.05, 0) is 49.1 Å². The second-order valence-electron chi connectivity index (χ2n) is 14.0. The minimum atomic E-state index is -2.18. The summed E-state index contributed by atoms with van der Waals surface area (Å²) >= 11 is 0. The number of nitrogens with two attached hydrogens (primary N) is 1. The first kappa shape index (κ1) is 45.5. The normalized spacial score (nSPS) is 13.2. The van der Waals surface area contributed by atoms with Crippen LogP contribution in [0, 0.1) is 11.3 Å². The zero-order chi connectivity index (χ0) is 38.6. The predicted molar refractivity (Wildman–Crippen MR) is 214 cm³/mol. The number of benzene rings is 1. The molecule has 3 aromatic rings. The average molecular weight is 772 g/mol. The maximum Gasteiger partial charge on any atom is 0.330 e. The van der Waals surface area contributed by atoms with E-state index in [4.69, 9.17) is 33.7 Å². The number of anilines is 1. The van der Waals surface area contributed by atoms with Crippen molar-refractivity contribution in [3.05, 3.63) is 53.5 Å². The molecule has 1 aromatic carbocycles. The third-order valence-electron chi connectivity index (χ3n) is 9.67. The van der Waals surface area contributed by atoms with Crippen molar-refractivity contribution in [1.82, 2.24) is 14.6 Å². The Morgan fingerprint density at radius 2 is 1.46 bits per heavy atom. The molecule has 0 bridgehead atoms. The Morgan fingerprint density at radius 3 is 2.07 bits per heavy atom. The van der Waals surface area contributed by atoms with Gasteiger partial charge in [0.2, 0.25) is 0 Å². The van der Waals surface area contributed by atoms with Gasteiger partial charge in [-0.15, -0.1) is 0 Å².